The minimum atomic E-state index is -0.980. The number of aliphatic hydroxyl groups excluding tert-OH is 1. The average Bonchev–Trinajstić information content (AvgIpc) is 2.85. The summed E-state index contributed by atoms with van der Waals surface area (Å²) in [6, 6.07) is 7.83. The van der Waals surface area contributed by atoms with Crippen molar-refractivity contribution in [2.45, 2.75) is 37.4 Å². The number of aliphatic hydroxyl groups is 2. The van der Waals surface area contributed by atoms with E-state index in [1.807, 2.05) is 24.3 Å². The van der Waals surface area contributed by atoms with Crippen LogP contribution in [0.15, 0.2) is 36.7 Å². The molecule has 0 spiro atoms. The smallest absolute Gasteiger partial charge is 0.110 e. The SMILES string of the molecule is OC(c1cncc2ccccc12)C1(O)CCCC1. The molecular weight excluding hydrogens is 226 g/mol. The van der Waals surface area contributed by atoms with E-state index >= 15 is 0 Å². The lowest BCUT2D eigenvalue weighted by molar-refractivity contribution is -0.0713. The number of rotatable bonds is 2. The van der Waals surface area contributed by atoms with E-state index in [9.17, 15) is 10.2 Å². The quantitative estimate of drug-likeness (QED) is 0.852. The third-order valence-corrected chi connectivity index (χ3v) is 3.97. The molecule has 1 saturated carbocycles. The molecule has 0 saturated heterocycles. The number of pyridine rings is 1. The summed E-state index contributed by atoms with van der Waals surface area (Å²) in [6.07, 6.45) is 5.89. The van der Waals surface area contributed by atoms with Gasteiger partial charge < -0.3 is 10.2 Å². The topological polar surface area (TPSA) is 53.4 Å². The highest BCUT2D eigenvalue weighted by molar-refractivity contribution is 5.85. The molecule has 2 N–H and O–H groups in total. The molecule has 3 rings (SSSR count). The Morgan fingerprint density at radius 1 is 1.11 bits per heavy atom. The fourth-order valence-electron chi connectivity index (χ4n) is 2.91. The maximum atomic E-state index is 10.5. The van der Waals surface area contributed by atoms with Gasteiger partial charge in [0.05, 0.1) is 5.60 Å². The van der Waals surface area contributed by atoms with Gasteiger partial charge in [0.1, 0.15) is 6.10 Å². The van der Waals surface area contributed by atoms with Crippen molar-refractivity contribution in [2.24, 2.45) is 0 Å². The summed E-state index contributed by atoms with van der Waals surface area (Å²) in [5.41, 5.74) is -0.247. The van der Waals surface area contributed by atoms with E-state index in [2.05, 4.69) is 4.98 Å². The summed E-state index contributed by atoms with van der Waals surface area (Å²) in [4.78, 5) is 4.17. The van der Waals surface area contributed by atoms with Gasteiger partial charge in [0, 0.05) is 23.3 Å². The molecule has 1 aromatic heterocycles. The fourth-order valence-corrected chi connectivity index (χ4v) is 2.91. The summed E-state index contributed by atoms with van der Waals surface area (Å²) in [5, 5.41) is 23.0. The normalized spacial score (nSPS) is 20.1. The van der Waals surface area contributed by atoms with Crippen molar-refractivity contribution in [1.29, 1.82) is 0 Å². The largest absolute Gasteiger partial charge is 0.387 e. The van der Waals surface area contributed by atoms with Crippen LogP contribution in [0.4, 0.5) is 0 Å². The van der Waals surface area contributed by atoms with Crippen LogP contribution in [0.25, 0.3) is 10.8 Å². The highest BCUT2D eigenvalue weighted by atomic mass is 16.3. The van der Waals surface area contributed by atoms with Gasteiger partial charge >= 0.3 is 0 Å². The molecule has 1 heterocycles. The van der Waals surface area contributed by atoms with Crippen molar-refractivity contribution in [3.63, 3.8) is 0 Å². The molecule has 1 atom stereocenters. The predicted octanol–water partition coefficient (Wildman–Crippen LogP) is 2.57. The maximum absolute atomic E-state index is 10.5. The first kappa shape index (κ1) is 11.6. The van der Waals surface area contributed by atoms with Crippen LogP contribution in [-0.4, -0.2) is 20.8 Å². The van der Waals surface area contributed by atoms with E-state index in [1.165, 1.54) is 0 Å². The summed E-state index contributed by atoms with van der Waals surface area (Å²) in [6.45, 7) is 0. The van der Waals surface area contributed by atoms with Gasteiger partial charge in [-0.3, -0.25) is 4.98 Å². The number of benzene rings is 1. The zero-order valence-electron chi connectivity index (χ0n) is 10.2. The second kappa shape index (κ2) is 4.34. The van der Waals surface area contributed by atoms with Crippen LogP contribution >= 0.6 is 0 Å². The highest BCUT2D eigenvalue weighted by Gasteiger charge is 2.39. The summed E-state index contributed by atoms with van der Waals surface area (Å²) < 4.78 is 0. The molecule has 94 valence electrons. The Balaban J connectivity index is 2.08. The van der Waals surface area contributed by atoms with Gasteiger partial charge in [0.2, 0.25) is 0 Å². The molecule has 0 radical (unpaired) electrons. The van der Waals surface area contributed by atoms with Crippen LogP contribution in [0.5, 0.6) is 0 Å². The van der Waals surface area contributed by atoms with Crippen molar-refractivity contribution in [3.05, 3.63) is 42.2 Å². The molecule has 0 amide bonds. The predicted molar refractivity (Wildman–Crippen MR) is 70.1 cm³/mol. The number of fused-ring (bicyclic) bond motifs is 1. The average molecular weight is 243 g/mol. The third kappa shape index (κ3) is 1.80. The molecule has 2 aromatic rings. The van der Waals surface area contributed by atoms with E-state index in [0.29, 0.717) is 12.8 Å². The van der Waals surface area contributed by atoms with Gasteiger partial charge in [-0.05, 0) is 18.2 Å². The Labute approximate surface area is 106 Å². The van der Waals surface area contributed by atoms with E-state index in [1.54, 1.807) is 12.4 Å². The van der Waals surface area contributed by atoms with Crippen LogP contribution in [0.3, 0.4) is 0 Å². The molecule has 0 bridgehead atoms. The van der Waals surface area contributed by atoms with Crippen LogP contribution in [0, 0.1) is 0 Å². The van der Waals surface area contributed by atoms with Crippen LogP contribution in [0.1, 0.15) is 37.4 Å². The molecule has 1 fully saturated rings. The van der Waals surface area contributed by atoms with Crippen LogP contribution in [-0.2, 0) is 0 Å². The van der Waals surface area contributed by atoms with Crippen LogP contribution < -0.4 is 0 Å². The zero-order chi connectivity index (χ0) is 12.6. The maximum Gasteiger partial charge on any atom is 0.110 e. The first-order valence-corrected chi connectivity index (χ1v) is 6.44. The van der Waals surface area contributed by atoms with Gasteiger partial charge in [-0.2, -0.15) is 0 Å². The van der Waals surface area contributed by atoms with E-state index in [0.717, 1.165) is 29.2 Å². The number of hydrogen-bond donors (Lipinski definition) is 2. The van der Waals surface area contributed by atoms with Gasteiger partial charge in [-0.15, -0.1) is 0 Å². The molecule has 1 unspecified atom stereocenters. The number of nitrogens with zero attached hydrogens (tertiary/aromatic N) is 1. The second-order valence-corrected chi connectivity index (χ2v) is 5.16. The summed E-state index contributed by atoms with van der Waals surface area (Å²) in [7, 11) is 0. The van der Waals surface area contributed by atoms with Gasteiger partial charge in [0.15, 0.2) is 0 Å². The summed E-state index contributed by atoms with van der Waals surface area (Å²) in [5.74, 6) is 0. The first-order valence-electron chi connectivity index (χ1n) is 6.44. The van der Waals surface area contributed by atoms with Gasteiger partial charge in [0.25, 0.3) is 0 Å². The van der Waals surface area contributed by atoms with E-state index in [-0.39, 0.29) is 0 Å². The molecule has 1 aromatic carbocycles. The van der Waals surface area contributed by atoms with Crippen molar-refractivity contribution in [1.82, 2.24) is 4.98 Å². The fraction of sp³-hybridized carbons (Fsp3) is 0.400. The standard InChI is InChI=1S/C15H17NO2/c17-14(15(18)7-3-4-8-15)13-10-16-9-11-5-1-2-6-12(11)13/h1-2,5-6,9-10,14,17-18H,3-4,7-8H2. The van der Waals surface area contributed by atoms with Crippen LogP contribution in [0.2, 0.25) is 0 Å². The van der Waals surface area contributed by atoms with Gasteiger partial charge in [-0.1, -0.05) is 37.1 Å². The minimum absolute atomic E-state index is 0.664. The molecule has 3 heteroatoms. The van der Waals surface area contributed by atoms with E-state index in [4.69, 9.17) is 0 Å². The first-order chi connectivity index (χ1) is 8.71. The Morgan fingerprint density at radius 3 is 2.61 bits per heavy atom. The Bertz CT molecular complexity index is 556. The van der Waals surface area contributed by atoms with Crippen molar-refractivity contribution in [3.8, 4) is 0 Å². The summed E-state index contributed by atoms with van der Waals surface area (Å²) >= 11 is 0. The zero-order valence-corrected chi connectivity index (χ0v) is 10.2. The molecule has 1 aliphatic carbocycles. The second-order valence-electron chi connectivity index (χ2n) is 5.16. The van der Waals surface area contributed by atoms with Gasteiger partial charge in [-0.25, -0.2) is 0 Å². The molecule has 18 heavy (non-hydrogen) atoms. The number of aromatic nitrogens is 1. The van der Waals surface area contributed by atoms with Crippen molar-refractivity contribution < 1.29 is 10.2 Å². The minimum Gasteiger partial charge on any atom is -0.387 e. The third-order valence-electron chi connectivity index (χ3n) is 3.97. The Hall–Kier alpha value is -1.45. The lowest BCUT2D eigenvalue weighted by Gasteiger charge is -2.29. The molecule has 3 nitrogen and oxygen atoms in total. The molecular formula is C15H17NO2. The van der Waals surface area contributed by atoms with Crippen molar-refractivity contribution >= 4 is 10.8 Å². The number of hydrogen-bond acceptors (Lipinski definition) is 3. The molecule has 1 aliphatic rings. The lowest BCUT2D eigenvalue weighted by atomic mass is 9.88. The Kier molecular flexibility index (Phi) is 2.80. The van der Waals surface area contributed by atoms with Crippen molar-refractivity contribution in [2.75, 3.05) is 0 Å². The highest BCUT2D eigenvalue weighted by Crippen LogP contribution is 2.41. The molecule has 0 aliphatic heterocycles. The van der Waals surface area contributed by atoms with E-state index < -0.39 is 11.7 Å². The lowest BCUT2D eigenvalue weighted by Crippen LogP contribution is -2.33. The Morgan fingerprint density at radius 2 is 1.83 bits per heavy atom. The monoisotopic (exact) mass is 243 g/mol.